The van der Waals surface area contributed by atoms with E-state index in [1.165, 1.54) is 0 Å². The highest BCUT2D eigenvalue weighted by Gasteiger charge is 2.16. The summed E-state index contributed by atoms with van der Waals surface area (Å²) >= 11 is 0. The largest absolute Gasteiger partial charge is 0.466 e. The first-order valence-electron chi connectivity index (χ1n) is 21.4. The van der Waals surface area contributed by atoms with Crippen molar-refractivity contribution < 1.29 is 24.0 Å². The molecule has 8 rings (SSSR count). The molecular formula is C60H49O5P. The van der Waals surface area contributed by atoms with Gasteiger partial charge in [-0.05, 0) is 67.8 Å². The Morgan fingerprint density at radius 3 is 0.727 bits per heavy atom. The first-order valence-corrected chi connectivity index (χ1v) is 23.0. The molecule has 66 heavy (non-hydrogen) atoms. The van der Waals surface area contributed by atoms with E-state index in [2.05, 4.69) is 243 Å². The van der Waals surface area contributed by atoms with Gasteiger partial charge in [0.25, 0.3) is 0 Å². The molecule has 3 N–H and O–H groups in total. The zero-order valence-corrected chi connectivity index (χ0v) is 37.1. The third-order valence-electron chi connectivity index (χ3n) is 10.3. The van der Waals surface area contributed by atoms with Gasteiger partial charge in [0, 0.05) is 11.1 Å². The highest BCUT2D eigenvalue weighted by Crippen LogP contribution is 2.38. The molecule has 0 fully saturated rings. The van der Waals surface area contributed by atoms with Crippen LogP contribution in [0, 0.1) is 0 Å². The van der Waals surface area contributed by atoms with E-state index in [0.717, 1.165) is 78.3 Å². The maximum Gasteiger partial charge on any atom is 0.466 e. The highest BCUT2D eigenvalue weighted by molar-refractivity contribution is 7.45. The van der Waals surface area contributed by atoms with Crippen molar-refractivity contribution >= 4 is 80.7 Å². The summed E-state index contributed by atoms with van der Waals surface area (Å²) in [5.74, 6) is 1.49. The maximum absolute atomic E-state index is 8.88. The Kier molecular flexibility index (Phi) is 16.6. The van der Waals surface area contributed by atoms with E-state index >= 15 is 0 Å². The van der Waals surface area contributed by atoms with Crippen molar-refractivity contribution in [3.05, 3.63) is 273 Å². The smallest absolute Gasteiger partial charge is 0.456 e. The molecule has 0 aliphatic rings. The molecule has 0 aliphatic heterocycles. The number of benzene rings is 8. The van der Waals surface area contributed by atoms with Gasteiger partial charge in [0.2, 0.25) is 0 Å². The zero-order valence-electron chi connectivity index (χ0n) is 36.2. The minimum Gasteiger partial charge on any atom is -0.456 e. The van der Waals surface area contributed by atoms with Gasteiger partial charge in [-0.25, -0.2) is 4.57 Å². The Balaban J connectivity index is 0.00000123. The molecule has 0 aliphatic carbocycles. The lowest BCUT2D eigenvalue weighted by Gasteiger charge is -2.18. The van der Waals surface area contributed by atoms with Crippen LogP contribution in [0.25, 0.3) is 72.9 Å². The van der Waals surface area contributed by atoms with Gasteiger partial charge in [-0.3, -0.25) is 0 Å². The van der Waals surface area contributed by atoms with Crippen LogP contribution in [0.15, 0.2) is 206 Å². The highest BCUT2D eigenvalue weighted by atomic mass is 31.2. The second-order valence-electron chi connectivity index (χ2n) is 15.0. The summed E-state index contributed by atoms with van der Waals surface area (Å²) in [4.78, 5) is 21.6. The van der Waals surface area contributed by atoms with Crippen molar-refractivity contribution in [1.29, 1.82) is 0 Å². The molecule has 8 aromatic rings. The third kappa shape index (κ3) is 14.6. The average molecular weight is 881 g/mol. The Morgan fingerprint density at radius 2 is 0.485 bits per heavy atom. The van der Waals surface area contributed by atoms with Crippen LogP contribution in [0.1, 0.15) is 66.8 Å². The predicted octanol–water partition coefficient (Wildman–Crippen LogP) is 15.6. The molecule has 5 nitrogen and oxygen atoms in total. The Labute approximate surface area is 387 Å². The number of hydrogen-bond donors (Lipinski definition) is 3. The topological polar surface area (TPSA) is 87.0 Å². The van der Waals surface area contributed by atoms with Crippen molar-refractivity contribution in [2.75, 3.05) is 0 Å². The average Bonchev–Trinajstić information content (AvgIpc) is 3.35. The molecule has 0 aromatic heterocycles. The van der Waals surface area contributed by atoms with Crippen LogP contribution in [-0.2, 0) is 4.57 Å². The summed E-state index contributed by atoms with van der Waals surface area (Å²) in [6.45, 7) is 0. The van der Waals surface area contributed by atoms with Crippen LogP contribution in [0.5, 0.6) is 11.5 Å². The van der Waals surface area contributed by atoms with Crippen LogP contribution < -0.4 is 4.74 Å². The van der Waals surface area contributed by atoms with Gasteiger partial charge in [-0.2, -0.15) is 0 Å². The molecule has 0 spiro atoms. The molecule has 0 amide bonds. The summed E-state index contributed by atoms with van der Waals surface area (Å²) < 4.78 is 16.1. The lowest BCUT2D eigenvalue weighted by molar-refractivity contribution is 0.275. The van der Waals surface area contributed by atoms with E-state index in [1.807, 2.05) is 36.4 Å². The van der Waals surface area contributed by atoms with Gasteiger partial charge in [-0.1, -0.05) is 267 Å². The third-order valence-corrected chi connectivity index (χ3v) is 10.3. The summed E-state index contributed by atoms with van der Waals surface area (Å²) in [7, 11) is -4.64. The maximum atomic E-state index is 8.88. The quantitative estimate of drug-likeness (QED) is 0.0748. The first kappa shape index (κ1) is 46.1. The van der Waals surface area contributed by atoms with Crippen molar-refractivity contribution in [2.24, 2.45) is 0 Å². The lowest BCUT2D eigenvalue weighted by Crippen LogP contribution is -1.97. The predicted molar refractivity (Wildman–Crippen MR) is 279 cm³/mol. The summed E-state index contributed by atoms with van der Waals surface area (Å²) in [6, 6.07) is 71.0. The molecule has 0 bridgehead atoms. The van der Waals surface area contributed by atoms with Crippen molar-refractivity contribution in [2.45, 2.75) is 0 Å². The SMILES string of the molecule is C(=Cc1ccc(Oc2ccc(C=Cc3ccccc3)c(C=Cc3ccccc3)c2C=Cc2ccccc2)c(C=Cc2ccccc2)c1C=Cc1ccccc1)c1ccccc1.O=P(O)(O)O. The van der Waals surface area contributed by atoms with Crippen LogP contribution in [0.2, 0.25) is 0 Å². The van der Waals surface area contributed by atoms with Crippen LogP contribution in [0.4, 0.5) is 0 Å². The van der Waals surface area contributed by atoms with Gasteiger partial charge in [0.15, 0.2) is 0 Å². The summed E-state index contributed by atoms with van der Waals surface area (Å²) in [6.07, 6.45) is 26.2. The summed E-state index contributed by atoms with van der Waals surface area (Å²) in [5.41, 5.74) is 12.9. The van der Waals surface area contributed by atoms with Gasteiger partial charge in [0.1, 0.15) is 11.5 Å². The molecule has 6 heteroatoms. The monoisotopic (exact) mass is 880 g/mol. The Morgan fingerprint density at radius 1 is 0.273 bits per heavy atom. The fourth-order valence-corrected chi connectivity index (χ4v) is 7.04. The molecule has 0 saturated heterocycles. The number of rotatable bonds is 14. The second-order valence-corrected chi connectivity index (χ2v) is 16.1. The second kappa shape index (κ2) is 23.7. The molecule has 0 heterocycles. The normalized spacial score (nSPS) is 11.9. The number of hydrogen-bond acceptors (Lipinski definition) is 2. The van der Waals surface area contributed by atoms with E-state index in [4.69, 9.17) is 24.0 Å². The molecule has 0 saturated carbocycles. The van der Waals surface area contributed by atoms with Gasteiger partial charge in [-0.15, -0.1) is 0 Å². The van der Waals surface area contributed by atoms with Crippen LogP contribution in [0.3, 0.4) is 0 Å². The molecular weight excluding hydrogens is 832 g/mol. The number of phosphoric acid groups is 1. The van der Waals surface area contributed by atoms with E-state index < -0.39 is 7.82 Å². The van der Waals surface area contributed by atoms with Crippen molar-refractivity contribution in [3.63, 3.8) is 0 Å². The Bertz CT molecular complexity index is 2800. The number of ether oxygens (including phenoxy) is 1. The molecule has 0 atom stereocenters. The fourth-order valence-electron chi connectivity index (χ4n) is 7.04. The van der Waals surface area contributed by atoms with E-state index in [0.29, 0.717) is 0 Å². The minimum absolute atomic E-state index is 0.747. The van der Waals surface area contributed by atoms with Crippen LogP contribution in [-0.4, -0.2) is 14.7 Å². The lowest BCUT2D eigenvalue weighted by atomic mass is 9.95. The minimum atomic E-state index is -4.64. The van der Waals surface area contributed by atoms with Gasteiger partial charge in [0.05, 0.1) is 0 Å². The van der Waals surface area contributed by atoms with E-state index in [-0.39, 0.29) is 0 Å². The van der Waals surface area contributed by atoms with E-state index in [1.54, 1.807) is 0 Å². The van der Waals surface area contributed by atoms with Gasteiger partial charge < -0.3 is 19.4 Å². The zero-order chi connectivity index (χ0) is 45.8. The van der Waals surface area contributed by atoms with Gasteiger partial charge >= 0.3 is 7.82 Å². The van der Waals surface area contributed by atoms with Crippen molar-refractivity contribution in [3.8, 4) is 11.5 Å². The van der Waals surface area contributed by atoms with E-state index in [9.17, 15) is 0 Å². The summed E-state index contributed by atoms with van der Waals surface area (Å²) in [5, 5.41) is 0. The molecule has 324 valence electrons. The standard InChI is InChI=1S/C60H46O.H3O4P/c1-7-19-47(20-8-1)31-37-53-39-45-59(57(43-35-51-27-15-5-16-28-51)55(53)41-33-49-23-11-3-12-24-49)61-60-46-40-54(38-32-48-21-9-2-10-22-48)56(42-34-50-25-13-4-14-26-50)58(60)44-36-52-29-17-6-18-30-52;1-5(2,3)4/h1-46H;(H3,1,2,3,4). The first-order chi connectivity index (χ1) is 32.2. The molecule has 0 unspecified atom stereocenters. The Hall–Kier alpha value is -7.89. The molecule has 0 radical (unpaired) electrons. The fraction of sp³-hybridized carbons (Fsp3) is 0. The van der Waals surface area contributed by atoms with Crippen molar-refractivity contribution in [1.82, 2.24) is 0 Å². The van der Waals surface area contributed by atoms with Crippen LogP contribution >= 0.6 is 7.82 Å². The molecule has 8 aromatic carbocycles.